The van der Waals surface area contributed by atoms with Crippen molar-refractivity contribution in [3.63, 3.8) is 0 Å². The molecule has 0 amide bonds. The molecule has 1 aliphatic rings. The van der Waals surface area contributed by atoms with Crippen LogP contribution in [0, 0.1) is 0 Å². The molecule has 0 unspecified atom stereocenters. The van der Waals surface area contributed by atoms with Crippen LogP contribution in [0.4, 0.5) is 0 Å². The summed E-state index contributed by atoms with van der Waals surface area (Å²) in [6.07, 6.45) is 0. The summed E-state index contributed by atoms with van der Waals surface area (Å²) in [4.78, 5) is 0. The maximum Gasteiger partial charge on any atom is 0.295 e. The van der Waals surface area contributed by atoms with Gasteiger partial charge in [0.05, 0.1) is 0 Å². The molecule has 0 aromatic carbocycles. The number of hydrogen-bond acceptors (Lipinski definition) is 2. The van der Waals surface area contributed by atoms with Gasteiger partial charge >= 0.3 is 0 Å². The molecule has 6 heteroatoms. The number of rotatable bonds is 2. The van der Waals surface area contributed by atoms with Gasteiger partial charge in [0.15, 0.2) is 0 Å². The van der Waals surface area contributed by atoms with Gasteiger partial charge in [0.25, 0.3) is 15.4 Å². The highest BCUT2D eigenvalue weighted by Crippen LogP contribution is 2.46. The fourth-order valence-corrected chi connectivity index (χ4v) is 22.7. The van der Waals surface area contributed by atoms with Gasteiger partial charge in [-0.3, -0.25) is 8.46 Å². The van der Waals surface area contributed by atoms with Crippen LogP contribution in [-0.4, -0.2) is 36.0 Å². The molecule has 0 aromatic heterocycles. The first kappa shape index (κ1) is 13.0. The highest BCUT2D eigenvalue weighted by molar-refractivity contribution is 7.38. The second kappa shape index (κ2) is 3.75. The highest BCUT2D eigenvalue weighted by atomic mass is 35.6. The minimum atomic E-state index is -1.90. The molecule has 0 radical (unpaired) electrons. The van der Waals surface area contributed by atoms with Crippen LogP contribution < -0.4 is 0 Å². The molecule has 1 saturated heterocycles. The van der Waals surface area contributed by atoms with Gasteiger partial charge in [-0.15, -0.1) is 22.2 Å². The smallest absolute Gasteiger partial charge is 0.295 e. The monoisotopic (exact) mass is 270 g/mol. The van der Waals surface area contributed by atoms with Crippen molar-refractivity contribution in [3.8, 4) is 0 Å². The lowest BCUT2D eigenvalue weighted by molar-refractivity contribution is 0.334. The molecule has 0 atom stereocenters. The standard InChI is InChI=1S/C8H20Cl2N2Si2/c1-7(2)11-13(5,9)12(8(3)4)14(11,6)10/h7-8H,1-6H3. The first-order chi connectivity index (χ1) is 6.13. The minimum absolute atomic E-state index is 0.466. The van der Waals surface area contributed by atoms with Gasteiger partial charge in [0.2, 0.25) is 0 Å². The van der Waals surface area contributed by atoms with Crippen molar-refractivity contribution in [3.05, 3.63) is 0 Å². The maximum atomic E-state index is 6.65. The van der Waals surface area contributed by atoms with Gasteiger partial charge in [-0.25, -0.2) is 0 Å². The van der Waals surface area contributed by atoms with Crippen LogP contribution in [0.2, 0.25) is 13.1 Å². The largest absolute Gasteiger partial charge is 0.296 e. The van der Waals surface area contributed by atoms with Crippen molar-refractivity contribution in [2.45, 2.75) is 52.9 Å². The van der Waals surface area contributed by atoms with Crippen molar-refractivity contribution in [1.82, 2.24) is 8.46 Å². The number of halogens is 2. The molecule has 1 aliphatic heterocycles. The van der Waals surface area contributed by atoms with E-state index in [2.05, 4.69) is 49.3 Å². The van der Waals surface area contributed by atoms with Crippen molar-refractivity contribution >= 4 is 37.6 Å². The molecular weight excluding hydrogens is 251 g/mol. The lowest BCUT2D eigenvalue weighted by atomic mass is 10.4. The SMILES string of the molecule is CC(C)N1[Si](C)(Cl)N(C(C)C)[Si]1(C)Cl. The minimum Gasteiger partial charge on any atom is -0.296 e. The van der Waals surface area contributed by atoms with Crippen molar-refractivity contribution in [1.29, 1.82) is 0 Å². The lowest BCUT2D eigenvalue weighted by Gasteiger charge is -2.66. The third kappa shape index (κ3) is 1.70. The first-order valence-corrected chi connectivity index (χ1v) is 11.9. The number of nitrogens with zero attached hydrogens (tertiary/aromatic N) is 2. The molecule has 0 N–H and O–H groups in total. The summed E-state index contributed by atoms with van der Waals surface area (Å²) in [5, 5.41) is 0. The zero-order valence-corrected chi connectivity index (χ0v) is 13.3. The maximum absolute atomic E-state index is 6.65. The van der Waals surface area contributed by atoms with Crippen molar-refractivity contribution < 1.29 is 0 Å². The van der Waals surface area contributed by atoms with E-state index in [1.165, 1.54) is 0 Å². The molecule has 0 saturated carbocycles. The Hall–Kier alpha value is 0.934. The summed E-state index contributed by atoms with van der Waals surface area (Å²) >= 11 is 13.3. The van der Waals surface area contributed by atoms with E-state index >= 15 is 0 Å². The Kier molecular flexibility index (Phi) is 3.48. The van der Waals surface area contributed by atoms with Gasteiger partial charge < -0.3 is 0 Å². The van der Waals surface area contributed by atoms with Crippen LogP contribution in [-0.2, 0) is 0 Å². The van der Waals surface area contributed by atoms with Gasteiger partial charge in [-0.05, 0) is 25.2 Å². The van der Waals surface area contributed by atoms with Crippen molar-refractivity contribution in [2.75, 3.05) is 0 Å². The highest BCUT2D eigenvalue weighted by Gasteiger charge is 2.67. The Labute approximate surface area is 98.9 Å². The third-order valence-electron chi connectivity index (χ3n) is 2.79. The molecule has 0 aromatic rings. The molecule has 2 nitrogen and oxygen atoms in total. The van der Waals surface area contributed by atoms with E-state index in [4.69, 9.17) is 22.2 Å². The summed E-state index contributed by atoms with van der Waals surface area (Å²) in [5.74, 6) is 0. The van der Waals surface area contributed by atoms with E-state index in [-0.39, 0.29) is 0 Å². The fraction of sp³-hybridized carbons (Fsp3) is 1.00. The molecule has 14 heavy (non-hydrogen) atoms. The fourth-order valence-electron chi connectivity index (χ4n) is 2.82. The number of hydrogen-bond donors (Lipinski definition) is 0. The molecule has 0 aliphatic carbocycles. The molecule has 1 rings (SSSR count). The van der Waals surface area contributed by atoms with Gasteiger partial charge in [0.1, 0.15) is 0 Å². The average Bonchev–Trinajstić information content (AvgIpc) is 1.77. The Morgan fingerprint density at radius 1 is 0.786 bits per heavy atom. The normalized spacial score (nSPS) is 40.7. The van der Waals surface area contributed by atoms with E-state index in [0.717, 1.165) is 0 Å². The van der Waals surface area contributed by atoms with Crippen LogP contribution in [0.1, 0.15) is 27.7 Å². The first-order valence-electron chi connectivity index (χ1n) is 5.10. The topological polar surface area (TPSA) is 6.48 Å². The summed E-state index contributed by atoms with van der Waals surface area (Å²) in [5.41, 5.74) is 0. The average molecular weight is 271 g/mol. The van der Waals surface area contributed by atoms with E-state index in [0.29, 0.717) is 12.1 Å². The van der Waals surface area contributed by atoms with Crippen LogP contribution >= 0.6 is 22.2 Å². The van der Waals surface area contributed by atoms with Crippen LogP contribution in [0.5, 0.6) is 0 Å². The Morgan fingerprint density at radius 2 is 1.00 bits per heavy atom. The second-order valence-electron chi connectivity index (χ2n) is 4.74. The van der Waals surface area contributed by atoms with Gasteiger partial charge in [-0.2, -0.15) is 0 Å². The van der Waals surface area contributed by atoms with Crippen LogP contribution in [0.15, 0.2) is 0 Å². The quantitative estimate of drug-likeness (QED) is 0.562. The Bertz CT molecular complexity index is 195. The Balaban J connectivity index is 2.95. The van der Waals surface area contributed by atoms with E-state index in [9.17, 15) is 0 Å². The third-order valence-corrected chi connectivity index (χ3v) is 17.5. The van der Waals surface area contributed by atoms with Crippen molar-refractivity contribution in [2.24, 2.45) is 0 Å². The lowest BCUT2D eigenvalue weighted by Crippen LogP contribution is -2.90. The molecule has 1 heterocycles. The van der Waals surface area contributed by atoms with E-state index < -0.39 is 15.4 Å². The zero-order valence-electron chi connectivity index (χ0n) is 9.81. The summed E-state index contributed by atoms with van der Waals surface area (Å²) in [7, 11) is -3.80. The summed E-state index contributed by atoms with van der Waals surface area (Å²) in [6.45, 7) is 13.1. The van der Waals surface area contributed by atoms with Gasteiger partial charge in [-0.1, -0.05) is 27.7 Å². The predicted molar refractivity (Wildman–Crippen MR) is 68.9 cm³/mol. The zero-order chi connectivity index (χ0) is 11.3. The summed E-state index contributed by atoms with van der Waals surface area (Å²) in [6, 6.07) is 0.932. The molecule has 0 spiro atoms. The van der Waals surface area contributed by atoms with Crippen LogP contribution in [0.25, 0.3) is 0 Å². The predicted octanol–water partition coefficient (Wildman–Crippen LogP) is 3.04. The van der Waals surface area contributed by atoms with Crippen LogP contribution in [0.3, 0.4) is 0 Å². The molecular formula is C8H20Cl2N2Si2. The molecule has 84 valence electrons. The second-order valence-corrected chi connectivity index (χ2v) is 15.5. The summed E-state index contributed by atoms with van der Waals surface area (Å²) < 4.78 is 4.78. The van der Waals surface area contributed by atoms with E-state index in [1.807, 2.05) is 0 Å². The van der Waals surface area contributed by atoms with Gasteiger partial charge in [0, 0.05) is 0 Å². The Morgan fingerprint density at radius 3 is 1.14 bits per heavy atom. The molecule has 0 bridgehead atoms. The van der Waals surface area contributed by atoms with E-state index in [1.54, 1.807) is 0 Å². The molecule has 1 fully saturated rings.